The standard InChI is InChI=1S/C18H20BNO8S/c1-29(27,28)13-7-5-11(6-8-13)9-16(21)20-15(19(25)26)10-12-3-2-4-14(17(12)22)18(23)24/h2-8,15,22,25-26H,9-10H2,1H3,(H,20,21)(H,23,24)/t15-/m0/s1. The van der Waals surface area contributed by atoms with Gasteiger partial charge in [0, 0.05) is 6.26 Å². The van der Waals surface area contributed by atoms with Crippen LogP contribution in [0.2, 0.25) is 0 Å². The highest BCUT2D eigenvalue weighted by Crippen LogP contribution is 2.24. The molecule has 1 atom stereocenters. The molecule has 2 rings (SSSR count). The molecule has 0 heterocycles. The number of amides is 1. The quantitative estimate of drug-likeness (QED) is 0.366. The van der Waals surface area contributed by atoms with Gasteiger partial charge in [-0.25, -0.2) is 13.2 Å². The molecule has 0 aliphatic rings. The summed E-state index contributed by atoms with van der Waals surface area (Å²) in [6, 6.07) is 9.69. The van der Waals surface area contributed by atoms with Crippen LogP contribution in [-0.4, -0.2) is 59.9 Å². The SMILES string of the molecule is CS(=O)(=O)c1ccc(CC(=O)N[C@@H](Cc2cccc(C(=O)O)c2O)B(O)O)cc1. The molecule has 0 spiro atoms. The summed E-state index contributed by atoms with van der Waals surface area (Å²) in [6.45, 7) is 0. The topological polar surface area (TPSA) is 161 Å². The summed E-state index contributed by atoms with van der Waals surface area (Å²) in [4.78, 5) is 23.5. The van der Waals surface area contributed by atoms with Gasteiger partial charge in [0.2, 0.25) is 5.91 Å². The van der Waals surface area contributed by atoms with E-state index >= 15 is 0 Å². The van der Waals surface area contributed by atoms with Crippen molar-refractivity contribution in [1.29, 1.82) is 0 Å². The normalized spacial score (nSPS) is 12.2. The number of sulfone groups is 1. The molecule has 11 heteroatoms. The Bertz CT molecular complexity index is 1010. The summed E-state index contributed by atoms with van der Waals surface area (Å²) in [6.07, 6.45) is 0.703. The molecule has 0 radical (unpaired) electrons. The Hall–Kier alpha value is -2.89. The molecule has 0 aliphatic carbocycles. The second kappa shape index (κ2) is 9.08. The van der Waals surface area contributed by atoms with Crippen molar-refractivity contribution in [2.24, 2.45) is 0 Å². The van der Waals surface area contributed by atoms with E-state index in [2.05, 4.69) is 5.32 Å². The van der Waals surface area contributed by atoms with E-state index in [1.807, 2.05) is 0 Å². The van der Waals surface area contributed by atoms with Gasteiger partial charge in [0.25, 0.3) is 0 Å². The monoisotopic (exact) mass is 421 g/mol. The molecule has 9 nitrogen and oxygen atoms in total. The molecular formula is C18H20BNO8S. The Kier molecular flexibility index (Phi) is 7.01. The fourth-order valence-corrected chi connectivity index (χ4v) is 3.32. The number of carboxylic acids is 1. The Morgan fingerprint density at radius 2 is 1.72 bits per heavy atom. The number of aromatic carboxylic acids is 1. The Morgan fingerprint density at radius 3 is 2.24 bits per heavy atom. The summed E-state index contributed by atoms with van der Waals surface area (Å²) in [7, 11) is -5.32. The van der Waals surface area contributed by atoms with Gasteiger partial charge in [0.1, 0.15) is 11.3 Å². The summed E-state index contributed by atoms with van der Waals surface area (Å²) in [5, 5.41) is 40.6. The van der Waals surface area contributed by atoms with Gasteiger partial charge in [0.15, 0.2) is 9.84 Å². The highest BCUT2D eigenvalue weighted by molar-refractivity contribution is 7.90. The predicted octanol–water partition coefficient (Wildman–Crippen LogP) is -0.224. The zero-order chi connectivity index (χ0) is 21.8. The minimum atomic E-state index is -3.36. The number of phenols is 1. The van der Waals surface area contributed by atoms with Crippen molar-refractivity contribution in [2.75, 3.05) is 6.26 Å². The molecule has 0 saturated carbocycles. The van der Waals surface area contributed by atoms with E-state index in [0.29, 0.717) is 5.56 Å². The zero-order valence-corrected chi connectivity index (χ0v) is 16.3. The first-order chi connectivity index (χ1) is 13.5. The fraction of sp³-hybridized carbons (Fsp3) is 0.222. The Labute approximate surface area is 167 Å². The first-order valence-electron chi connectivity index (χ1n) is 8.47. The summed E-state index contributed by atoms with van der Waals surface area (Å²) >= 11 is 0. The third kappa shape index (κ3) is 6.05. The van der Waals surface area contributed by atoms with Crippen LogP contribution in [0.25, 0.3) is 0 Å². The molecule has 29 heavy (non-hydrogen) atoms. The average Bonchev–Trinajstić information content (AvgIpc) is 2.62. The van der Waals surface area contributed by atoms with Crippen LogP contribution in [0.5, 0.6) is 5.75 Å². The number of para-hydroxylation sites is 1. The smallest absolute Gasteiger partial charge is 0.475 e. The van der Waals surface area contributed by atoms with E-state index < -0.39 is 40.5 Å². The third-order valence-corrected chi connectivity index (χ3v) is 5.34. The van der Waals surface area contributed by atoms with Crippen LogP contribution in [-0.2, 0) is 27.5 Å². The number of hydrogen-bond donors (Lipinski definition) is 5. The van der Waals surface area contributed by atoms with Gasteiger partial charge in [-0.1, -0.05) is 24.3 Å². The van der Waals surface area contributed by atoms with Gasteiger partial charge in [-0.2, -0.15) is 0 Å². The van der Waals surface area contributed by atoms with Crippen LogP contribution in [0, 0.1) is 0 Å². The highest BCUT2D eigenvalue weighted by atomic mass is 32.2. The van der Waals surface area contributed by atoms with E-state index in [9.17, 15) is 33.2 Å². The lowest BCUT2D eigenvalue weighted by Gasteiger charge is -2.19. The van der Waals surface area contributed by atoms with Gasteiger partial charge in [-0.05, 0) is 35.7 Å². The number of nitrogens with one attached hydrogen (secondary N) is 1. The number of aromatic hydroxyl groups is 1. The maximum absolute atomic E-state index is 12.3. The molecule has 0 unspecified atom stereocenters. The number of hydrogen-bond acceptors (Lipinski definition) is 7. The van der Waals surface area contributed by atoms with Crippen molar-refractivity contribution in [3.63, 3.8) is 0 Å². The summed E-state index contributed by atoms with van der Waals surface area (Å²) in [5.41, 5.74) is 0.295. The number of carbonyl (C=O) groups excluding carboxylic acids is 1. The minimum absolute atomic E-state index is 0.110. The molecule has 5 N–H and O–H groups in total. The van der Waals surface area contributed by atoms with E-state index in [-0.39, 0.29) is 28.9 Å². The van der Waals surface area contributed by atoms with Gasteiger partial charge in [-0.15, -0.1) is 0 Å². The van der Waals surface area contributed by atoms with E-state index in [1.165, 1.54) is 42.5 Å². The maximum atomic E-state index is 12.3. The lowest BCUT2D eigenvalue weighted by molar-refractivity contribution is -0.120. The third-order valence-electron chi connectivity index (χ3n) is 4.21. The number of rotatable bonds is 8. The average molecular weight is 421 g/mol. The Morgan fingerprint density at radius 1 is 1.10 bits per heavy atom. The van der Waals surface area contributed by atoms with Crippen molar-refractivity contribution in [3.05, 3.63) is 59.2 Å². The molecule has 0 bridgehead atoms. The van der Waals surface area contributed by atoms with Crippen LogP contribution in [0.3, 0.4) is 0 Å². The van der Waals surface area contributed by atoms with Crippen LogP contribution < -0.4 is 5.32 Å². The summed E-state index contributed by atoms with van der Waals surface area (Å²) < 4.78 is 22.9. The number of carbonyl (C=O) groups is 2. The molecule has 2 aromatic carbocycles. The lowest BCUT2D eigenvalue weighted by Crippen LogP contribution is -2.48. The van der Waals surface area contributed by atoms with Crippen molar-refractivity contribution in [1.82, 2.24) is 5.32 Å². The summed E-state index contributed by atoms with van der Waals surface area (Å²) in [5.74, 6) is -3.62. The number of benzene rings is 2. The zero-order valence-electron chi connectivity index (χ0n) is 15.4. The minimum Gasteiger partial charge on any atom is -0.507 e. The predicted molar refractivity (Wildman–Crippen MR) is 104 cm³/mol. The van der Waals surface area contributed by atoms with Crippen molar-refractivity contribution in [2.45, 2.75) is 23.7 Å². The second-order valence-electron chi connectivity index (χ2n) is 6.50. The van der Waals surface area contributed by atoms with Crippen molar-refractivity contribution >= 4 is 28.8 Å². The number of carboxylic acid groups (broad SMARTS) is 1. The largest absolute Gasteiger partial charge is 0.507 e. The highest BCUT2D eigenvalue weighted by Gasteiger charge is 2.27. The van der Waals surface area contributed by atoms with Gasteiger partial charge < -0.3 is 25.6 Å². The van der Waals surface area contributed by atoms with E-state index in [1.54, 1.807) is 0 Å². The molecule has 154 valence electrons. The Balaban J connectivity index is 2.10. The molecule has 1 amide bonds. The fourth-order valence-electron chi connectivity index (χ4n) is 2.69. The molecule has 0 aromatic heterocycles. The van der Waals surface area contributed by atoms with E-state index in [4.69, 9.17) is 5.11 Å². The maximum Gasteiger partial charge on any atom is 0.475 e. The van der Waals surface area contributed by atoms with Crippen LogP contribution in [0.1, 0.15) is 21.5 Å². The molecule has 0 fully saturated rings. The molecule has 2 aromatic rings. The van der Waals surface area contributed by atoms with Gasteiger partial charge in [-0.3, -0.25) is 4.79 Å². The first-order valence-corrected chi connectivity index (χ1v) is 10.4. The van der Waals surface area contributed by atoms with Gasteiger partial charge >= 0.3 is 13.1 Å². The molecular weight excluding hydrogens is 401 g/mol. The molecule has 0 aliphatic heterocycles. The van der Waals surface area contributed by atoms with Crippen LogP contribution >= 0.6 is 0 Å². The second-order valence-corrected chi connectivity index (χ2v) is 8.52. The van der Waals surface area contributed by atoms with Crippen LogP contribution in [0.15, 0.2) is 47.4 Å². The lowest BCUT2D eigenvalue weighted by atomic mass is 9.75. The van der Waals surface area contributed by atoms with E-state index in [0.717, 1.165) is 6.26 Å². The molecule has 0 saturated heterocycles. The first kappa shape index (κ1) is 22.4. The van der Waals surface area contributed by atoms with Gasteiger partial charge in [0.05, 0.1) is 17.3 Å². The van der Waals surface area contributed by atoms with Crippen molar-refractivity contribution < 1.29 is 38.3 Å². The van der Waals surface area contributed by atoms with Crippen LogP contribution in [0.4, 0.5) is 0 Å². The van der Waals surface area contributed by atoms with Crippen molar-refractivity contribution in [3.8, 4) is 5.75 Å².